The Kier molecular flexibility index (Phi) is 5.02. The Balaban J connectivity index is 1.58. The highest BCUT2D eigenvalue weighted by atomic mass is 16.5. The van der Waals surface area contributed by atoms with Gasteiger partial charge in [-0.15, -0.1) is 0 Å². The van der Waals surface area contributed by atoms with E-state index in [1.54, 1.807) is 18.6 Å². The predicted octanol–water partition coefficient (Wildman–Crippen LogP) is 3.60. The number of hydrogen-bond acceptors (Lipinski definition) is 5. The number of hydrogen-bond donors (Lipinski definition) is 0. The maximum Gasteiger partial charge on any atom is 0.314 e. The quantitative estimate of drug-likeness (QED) is 0.632. The molecule has 1 aromatic heterocycles. The Bertz CT molecular complexity index is 717. The lowest BCUT2D eigenvalue weighted by Gasteiger charge is -2.31. The molecule has 0 N–H and O–H groups in total. The third-order valence-corrected chi connectivity index (χ3v) is 4.62. The molecule has 0 bridgehead atoms. The van der Waals surface area contributed by atoms with Crippen LogP contribution in [-0.4, -0.2) is 29.0 Å². The van der Waals surface area contributed by atoms with Crippen LogP contribution >= 0.6 is 0 Å². The monoisotopic (exact) mass is 339 g/mol. The summed E-state index contributed by atoms with van der Waals surface area (Å²) in [6, 6.07) is 7.82. The van der Waals surface area contributed by atoms with Gasteiger partial charge in [0.15, 0.2) is 0 Å². The molecule has 2 aromatic rings. The minimum atomic E-state index is -0.134. The van der Waals surface area contributed by atoms with E-state index in [1.165, 1.54) is 0 Å². The molecule has 1 fully saturated rings. The van der Waals surface area contributed by atoms with E-state index in [4.69, 9.17) is 4.74 Å². The van der Waals surface area contributed by atoms with Gasteiger partial charge in [-0.25, -0.2) is 4.98 Å². The number of aromatic nitrogens is 2. The number of benzene rings is 1. The van der Waals surface area contributed by atoms with E-state index in [0.29, 0.717) is 5.75 Å². The fourth-order valence-electron chi connectivity index (χ4n) is 3.02. The van der Waals surface area contributed by atoms with Crippen LogP contribution in [0, 0.1) is 5.92 Å². The zero-order chi connectivity index (χ0) is 17.9. The summed E-state index contributed by atoms with van der Waals surface area (Å²) in [5, 5.41) is 0. The normalized spacial score (nSPS) is 15.9. The second-order valence-electron chi connectivity index (χ2n) is 7.52. The van der Waals surface area contributed by atoms with E-state index in [1.807, 2.05) is 18.2 Å². The molecule has 5 heteroatoms. The van der Waals surface area contributed by atoms with Crippen molar-refractivity contribution in [1.82, 2.24) is 9.97 Å². The van der Waals surface area contributed by atoms with Crippen LogP contribution in [0.4, 0.5) is 5.82 Å². The van der Waals surface area contributed by atoms with E-state index in [2.05, 4.69) is 41.7 Å². The Morgan fingerprint density at radius 2 is 1.96 bits per heavy atom. The van der Waals surface area contributed by atoms with Crippen molar-refractivity contribution in [3.63, 3.8) is 0 Å². The van der Waals surface area contributed by atoms with Gasteiger partial charge in [-0.1, -0.05) is 32.9 Å². The average molecular weight is 339 g/mol. The highest BCUT2D eigenvalue weighted by Gasteiger charge is 2.27. The molecule has 1 aliphatic rings. The Labute approximate surface area is 149 Å². The smallest absolute Gasteiger partial charge is 0.314 e. The summed E-state index contributed by atoms with van der Waals surface area (Å²) in [6.45, 7) is 8.03. The summed E-state index contributed by atoms with van der Waals surface area (Å²) in [4.78, 5) is 23.1. The molecule has 0 amide bonds. The van der Waals surface area contributed by atoms with E-state index in [-0.39, 0.29) is 17.3 Å². The van der Waals surface area contributed by atoms with E-state index >= 15 is 0 Å². The SMILES string of the molecule is CC(C)(C)c1cccc(OC(=O)C2CCN(c3cnccn3)CC2)c1. The third-order valence-electron chi connectivity index (χ3n) is 4.62. The van der Waals surface area contributed by atoms with Crippen molar-refractivity contribution >= 4 is 11.8 Å². The van der Waals surface area contributed by atoms with Gasteiger partial charge in [-0.2, -0.15) is 0 Å². The summed E-state index contributed by atoms with van der Waals surface area (Å²) in [6.07, 6.45) is 6.66. The molecule has 132 valence electrons. The summed E-state index contributed by atoms with van der Waals surface area (Å²) in [5.41, 5.74) is 1.19. The second-order valence-corrected chi connectivity index (χ2v) is 7.52. The summed E-state index contributed by atoms with van der Waals surface area (Å²) in [5.74, 6) is 1.30. The van der Waals surface area contributed by atoms with Gasteiger partial charge in [0.25, 0.3) is 0 Å². The Morgan fingerprint density at radius 1 is 1.20 bits per heavy atom. The van der Waals surface area contributed by atoms with Gasteiger partial charge in [0, 0.05) is 25.5 Å². The lowest BCUT2D eigenvalue weighted by Crippen LogP contribution is -2.38. The molecule has 1 aromatic carbocycles. The largest absolute Gasteiger partial charge is 0.426 e. The molecule has 0 aliphatic carbocycles. The highest BCUT2D eigenvalue weighted by Crippen LogP contribution is 2.27. The fraction of sp³-hybridized carbons (Fsp3) is 0.450. The number of rotatable bonds is 3. The van der Waals surface area contributed by atoms with Gasteiger partial charge in [-0.05, 0) is 36.0 Å². The molecular weight excluding hydrogens is 314 g/mol. The number of ether oxygens (including phenoxy) is 1. The Hall–Kier alpha value is -2.43. The van der Waals surface area contributed by atoms with Gasteiger partial charge in [0.1, 0.15) is 11.6 Å². The van der Waals surface area contributed by atoms with Crippen molar-refractivity contribution in [1.29, 1.82) is 0 Å². The molecule has 0 radical (unpaired) electrons. The van der Waals surface area contributed by atoms with Gasteiger partial charge < -0.3 is 9.64 Å². The first kappa shape index (κ1) is 17.4. The lowest BCUT2D eigenvalue weighted by molar-refractivity contribution is -0.139. The van der Waals surface area contributed by atoms with Crippen molar-refractivity contribution < 1.29 is 9.53 Å². The van der Waals surface area contributed by atoms with Crippen LogP contribution < -0.4 is 9.64 Å². The van der Waals surface area contributed by atoms with Crippen LogP contribution in [0.25, 0.3) is 0 Å². The molecule has 0 atom stereocenters. The number of carbonyl (C=O) groups excluding carboxylic acids is 1. The topological polar surface area (TPSA) is 55.3 Å². The van der Waals surface area contributed by atoms with E-state index in [0.717, 1.165) is 37.3 Å². The first-order valence-corrected chi connectivity index (χ1v) is 8.77. The summed E-state index contributed by atoms with van der Waals surface area (Å²) >= 11 is 0. The maximum absolute atomic E-state index is 12.5. The number of esters is 1. The first-order chi connectivity index (χ1) is 11.9. The lowest BCUT2D eigenvalue weighted by atomic mass is 9.87. The first-order valence-electron chi connectivity index (χ1n) is 8.77. The van der Waals surface area contributed by atoms with Crippen LogP contribution in [0.5, 0.6) is 5.75 Å². The van der Waals surface area contributed by atoms with Crippen LogP contribution in [0.2, 0.25) is 0 Å². The average Bonchev–Trinajstić information content (AvgIpc) is 2.62. The van der Waals surface area contributed by atoms with Crippen molar-refractivity contribution in [3.8, 4) is 5.75 Å². The van der Waals surface area contributed by atoms with Crippen molar-refractivity contribution in [2.24, 2.45) is 5.92 Å². The van der Waals surface area contributed by atoms with Crippen molar-refractivity contribution in [2.45, 2.75) is 39.0 Å². The molecule has 0 spiro atoms. The predicted molar refractivity (Wildman–Crippen MR) is 97.7 cm³/mol. The van der Waals surface area contributed by atoms with Crippen LogP contribution in [-0.2, 0) is 10.2 Å². The number of carbonyl (C=O) groups is 1. The third kappa shape index (κ3) is 4.35. The number of anilines is 1. The second kappa shape index (κ2) is 7.21. The molecule has 5 nitrogen and oxygen atoms in total. The number of piperidine rings is 1. The van der Waals surface area contributed by atoms with Crippen LogP contribution in [0.15, 0.2) is 42.9 Å². The van der Waals surface area contributed by atoms with Gasteiger partial charge in [0.05, 0.1) is 12.1 Å². The van der Waals surface area contributed by atoms with E-state index < -0.39 is 0 Å². The molecule has 0 saturated carbocycles. The molecular formula is C20H25N3O2. The summed E-state index contributed by atoms with van der Waals surface area (Å²) in [7, 11) is 0. The molecule has 1 saturated heterocycles. The Morgan fingerprint density at radius 3 is 2.60 bits per heavy atom. The standard InChI is InChI=1S/C20H25N3O2/c1-20(2,3)16-5-4-6-17(13-16)25-19(24)15-7-11-23(12-8-15)18-14-21-9-10-22-18/h4-6,9-10,13-15H,7-8,11-12H2,1-3H3. The molecule has 2 heterocycles. The van der Waals surface area contributed by atoms with Crippen LogP contribution in [0.1, 0.15) is 39.2 Å². The zero-order valence-corrected chi connectivity index (χ0v) is 15.1. The fourth-order valence-corrected chi connectivity index (χ4v) is 3.02. The zero-order valence-electron chi connectivity index (χ0n) is 15.1. The van der Waals surface area contributed by atoms with Crippen molar-refractivity contribution in [3.05, 3.63) is 48.4 Å². The van der Waals surface area contributed by atoms with Gasteiger partial charge in [-0.3, -0.25) is 9.78 Å². The van der Waals surface area contributed by atoms with Gasteiger partial charge in [0.2, 0.25) is 0 Å². The van der Waals surface area contributed by atoms with E-state index in [9.17, 15) is 4.79 Å². The van der Waals surface area contributed by atoms with Crippen LogP contribution in [0.3, 0.4) is 0 Å². The summed E-state index contributed by atoms with van der Waals surface area (Å²) < 4.78 is 5.65. The maximum atomic E-state index is 12.5. The molecule has 3 rings (SSSR count). The number of nitrogens with zero attached hydrogens (tertiary/aromatic N) is 3. The minimum Gasteiger partial charge on any atom is -0.426 e. The van der Waals surface area contributed by atoms with Crippen molar-refractivity contribution in [2.75, 3.05) is 18.0 Å². The molecule has 0 unspecified atom stereocenters. The highest BCUT2D eigenvalue weighted by molar-refractivity contribution is 5.75. The minimum absolute atomic E-state index is 0.0322. The molecule has 25 heavy (non-hydrogen) atoms. The molecule has 1 aliphatic heterocycles. The van der Waals surface area contributed by atoms with Gasteiger partial charge >= 0.3 is 5.97 Å².